The van der Waals surface area contributed by atoms with E-state index in [-0.39, 0.29) is 6.29 Å². The zero-order valence-electron chi connectivity index (χ0n) is 10.1. The minimum Gasteiger partial charge on any atom is -0.365 e. The molecule has 0 aliphatic carbocycles. The first kappa shape index (κ1) is 12.9. The van der Waals surface area contributed by atoms with E-state index in [1.807, 2.05) is 26.8 Å². The lowest BCUT2D eigenvalue weighted by atomic mass is 10.4. The first-order valence-electron chi connectivity index (χ1n) is 5.52. The third-order valence-electron chi connectivity index (χ3n) is 1.96. The Labute approximate surface area is 96.2 Å². The van der Waals surface area contributed by atoms with Gasteiger partial charge in [0, 0.05) is 25.0 Å². The smallest absolute Gasteiger partial charge is 0.174 e. The Morgan fingerprint density at radius 3 is 2.50 bits per heavy atom. The lowest BCUT2D eigenvalue weighted by molar-refractivity contribution is -0.126. The topological polar surface area (TPSA) is 56.3 Å². The van der Waals surface area contributed by atoms with Crippen molar-refractivity contribution in [3.05, 3.63) is 18.1 Å². The summed E-state index contributed by atoms with van der Waals surface area (Å²) >= 11 is 0. The fourth-order valence-corrected chi connectivity index (χ4v) is 1.28. The van der Waals surface area contributed by atoms with Crippen molar-refractivity contribution in [3.63, 3.8) is 0 Å². The van der Waals surface area contributed by atoms with Gasteiger partial charge in [0.15, 0.2) is 6.29 Å². The molecular formula is C11H19N3O2. The van der Waals surface area contributed by atoms with Gasteiger partial charge in [-0.25, -0.2) is 9.97 Å². The van der Waals surface area contributed by atoms with E-state index < -0.39 is 0 Å². The van der Waals surface area contributed by atoms with Crippen molar-refractivity contribution in [1.29, 1.82) is 0 Å². The van der Waals surface area contributed by atoms with E-state index in [0.717, 1.165) is 11.5 Å². The highest BCUT2D eigenvalue weighted by molar-refractivity contribution is 5.34. The summed E-state index contributed by atoms with van der Waals surface area (Å²) in [6.07, 6.45) is 1.30. The Kier molecular flexibility index (Phi) is 5.74. The van der Waals surface area contributed by atoms with Crippen LogP contribution in [0.2, 0.25) is 0 Å². The summed E-state index contributed by atoms with van der Waals surface area (Å²) in [7, 11) is 0. The summed E-state index contributed by atoms with van der Waals surface area (Å²) in [6, 6.07) is 1.88. The van der Waals surface area contributed by atoms with Gasteiger partial charge in [-0.15, -0.1) is 0 Å². The average molecular weight is 225 g/mol. The molecule has 0 radical (unpaired) electrons. The van der Waals surface area contributed by atoms with Gasteiger partial charge >= 0.3 is 0 Å². The van der Waals surface area contributed by atoms with E-state index in [4.69, 9.17) is 9.47 Å². The largest absolute Gasteiger partial charge is 0.365 e. The Balaban J connectivity index is 2.41. The summed E-state index contributed by atoms with van der Waals surface area (Å²) in [5.41, 5.74) is 0.932. The van der Waals surface area contributed by atoms with Crippen LogP contribution in [-0.2, 0) is 9.47 Å². The maximum absolute atomic E-state index is 5.41. The van der Waals surface area contributed by atoms with Gasteiger partial charge in [-0.1, -0.05) is 0 Å². The Bertz CT molecular complexity index is 301. The van der Waals surface area contributed by atoms with Crippen molar-refractivity contribution in [1.82, 2.24) is 9.97 Å². The van der Waals surface area contributed by atoms with Crippen molar-refractivity contribution in [2.75, 3.05) is 25.1 Å². The van der Waals surface area contributed by atoms with Crippen LogP contribution < -0.4 is 5.32 Å². The monoisotopic (exact) mass is 225 g/mol. The lowest BCUT2D eigenvalue weighted by Crippen LogP contribution is -2.26. The molecule has 0 aliphatic rings. The molecule has 0 saturated heterocycles. The summed E-state index contributed by atoms with van der Waals surface area (Å²) in [5, 5.41) is 3.15. The average Bonchev–Trinajstić information content (AvgIpc) is 2.27. The molecule has 5 nitrogen and oxygen atoms in total. The van der Waals surface area contributed by atoms with Gasteiger partial charge in [-0.05, 0) is 20.8 Å². The number of ether oxygens (including phenoxy) is 2. The van der Waals surface area contributed by atoms with E-state index in [9.17, 15) is 0 Å². The molecule has 0 unspecified atom stereocenters. The van der Waals surface area contributed by atoms with Gasteiger partial charge in [0.2, 0.25) is 0 Å². The van der Waals surface area contributed by atoms with Gasteiger partial charge in [0.1, 0.15) is 12.1 Å². The zero-order valence-corrected chi connectivity index (χ0v) is 10.1. The third-order valence-corrected chi connectivity index (χ3v) is 1.96. The van der Waals surface area contributed by atoms with E-state index in [2.05, 4.69) is 15.3 Å². The first-order valence-corrected chi connectivity index (χ1v) is 5.52. The molecule has 16 heavy (non-hydrogen) atoms. The first-order chi connectivity index (χ1) is 7.76. The third kappa shape index (κ3) is 4.55. The molecule has 1 aromatic heterocycles. The minimum absolute atomic E-state index is 0.231. The van der Waals surface area contributed by atoms with Crippen LogP contribution in [0.3, 0.4) is 0 Å². The van der Waals surface area contributed by atoms with E-state index >= 15 is 0 Å². The molecule has 1 N–H and O–H groups in total. The maximum Gasteiger partial charge on any atom is 0.174 e. The molecule has 0 saturated carbocycles. The summed E-state index contributed by atoms with van der Waals surface area (Å²) < 4.78 is 10.8. The second kappa shape index (κ2) is 7.14. The fraction of sp³-hybridized carbons (Fsp3) is 0.636. The van der Waals surface area contributed by atoms with Crippen LogP contribution in [0.15, 0.2) is 12.4 Å². The molecule has 0 fully saturated rings. The fourth-order valence-electron chi connectivity index (χ4n) is 1.28. The number of nitrogens with zero attached hydrogens (tertiary/aromatic N) is 2. The molecule has 90 valence electrons. The molecule has 1 rings (SSSR count). The van der Waals surface area contributed by atoms with Crippen LogP contribution in [-0.4, -0.2) is 36.0 Å². The molecular weight excluding hydrogens is 206 g/mol. The van der Waals surface area contributed by atoms with Gasteiger partial charge < -0.3 is 14.8 Å². The number of nitrogens with one attached hydrogen (secondary N) is 1. The normalized spacial score (nSPS) is 10.8. The predicted octanol–water partition coefficient (Wildman–Crippen LogP) is 1.60. The molecule has 1 heterocycles. The van der Waals surface area contributed by atoms with Crippen LogP contribution in [0.25, 0.3) is 0 Å². The van der Waals surface area contributed by atoms with Gasteiger partial charge in [-0.2, -0.15) is 0 Å². The van der Waals surface area contributed by atoms with Crippen LogP contribution in [0.5, 0.6) is 0 Å². The summed E-state index contributed by atoms with van der Waals surface area (Å²) in [5.74, 6) is 0.789. The highest BCUT2D eigenvalue weighted by atomic mass is 16.7. The van der Waals surface area contributed by atoms with Crippen LogP contribution >= 0.6 is 0 Å². The number of rotatable bonds is 7. The van der Waals surface area contributed by atoms with Gasteiger partial charge in [0.25, 0.3) is 0 Å². The molecule has 1 aromatic rings. The van der Waals surface area contributed by atoms with E-state index in [0.29, 0.717) is 19.8 Å². The summed E-state index contributed by atoms with van der Waals surface area (Å²) in [6.45, 7) is 7.67. The molecule has 0 amide bonds. The quantitative estimate of drug-likeness (QED) is 0.714. The number of hydrogen-bond donors (Lipinski definition) is 1. The van der Waals surface area contributed by atoms with Crippen molar-refractivity contribution in [2.24, 2.45) is 0 Å². The second-order valence-corrected chi connectivity index (χ2v) is 3.27. The molecule has 0 aromatic carbocycles. The molecule has 0 spiro atoms. The van der Waals surface area contributed by atoms with Crippen molar-refractivity contribution in [3.8, 4) is 0 Å². The van der Waals surface area contributed by atoms with Gasteiger partial charge in [0.05, 0.1) is 6.54 Å². The SMILES string of the molecule is CCOC(CNc1cc(C)ncn1)OCC. The number of aryl methyl sites for hydroxylation is 1. The highest BCUT2D eigenvalue weighted by Crippen LogP contribution is 2.04. The standard InChI is InChI=1S/C11H19N3O2/c1-4-15-11(16-5-2)7-12-10-6-9(3)13-8-14-10/h6,8,11H,4-5,7H2,1-3H3,(H,12,13,14). The van der Waals surface area contributed by atoms with Crippen LogP contribution in [0, 0.1) is 6.92 Å². The lowest BCUT2D eigenvalue weighted by Gasteiger charge is -2.17. The second-order valence-electron chi connectivity index (χ2n) is 3.27. The van der Waals surface area contributed by atoms with Crippen LogP contribution in [0.1, 0.15) is 19.5 Å². The number of aromatic nitrogens is 2. The van der Waals surface area contributed by atoms with E-state index in [1.54, 1.807) is 0 Å². The van der Waals surface area contributed by atoms with Crippen molar-refractivity contribution >= 4 is 5.82 Å². The predicted molar refractivity (Wildman–Crippen MR) is 62.3 cm³/mol. The minimum atomic E-state index is -0.231. The van der Waals surface area contributed by atoms with Crippen LogP contribution in [0.4, 0.5) is 5.82 Å². The van der Waals surface area contributed by atoms with Crippen molar-refractivity contribution in [2.45, 2.75) is 27.1 Å². The summed E-state index contributed by atoms with van der Waals surface area (Å²) in [4.78, 5) is 8.12. The number of hydrogen-bond acceptors (Lipinski definition) is 5. The molecule has 0 aliphatic heterocycles. The Hall–Kier alpha value is -1.20. The van der Waals surface area contributed by atoms with Gasteiger partial charge in [-0.3, -0.25) is 0 Å². The molecule has 0 bridgehead atoms. The van der Waals surface area contributed by atoms with E-state index in [1.165, 1.54) is 6.33 Å². The zero-order chi connectivity index (χ0) is 11.8. The highest BCUT2D eigenvalue weighted by Gasteiger charge is 2.07. The molecule has 0 atom stereocenters. The van der Waals surface area contributed by atoms with Crippen molar-refractivity contribution < 1.29 is 9.47 Å². The number of anilines is 1. The Morgan fingerprint density at radius 1 is 1.25 bits per heavy atom. The Morgan fingerprint density at radius 2 is 1.94 bits per heavy atom. The molecule has 5 heteroatoms. The maximum atomic E-state index is 5.41.